The maximum atomic E-state index is 11.9. The summed E-state index contributed by atoms with van der Waals surface area (Å²) < 4.78 is 0. The van der Waals surface area contributed by atoms with Gasteiger partial charge < -0.3 is 5.32 Å². The summed E-state index contributed by atoms with van der Waals surface area (Å²) in [5.74, 6) is -0.0946. The molecule has 0 saturated carbocycles. The first-order chi connectivity index (χ1) is 11.0. The van der Waals surface area contributed by atoms with Crippen LogP contribution in [0.1, 0.15) is 28.1 Å². The standard InChI is InChI=1S/C16H19N3O3S/c1-3-14-11(2)23-16(18-14)8-9-17-15(20)10-12-4-6-13(7-5-12)19(21)22/h4-7H,3,8-10H2,1-2H3,(H,17,20). The third kappa shape index (κ3) is 4.85. The average molecular weight is 333 g/mol. The number of benzene rings is 1. The number of nitro benzene ring substituents is 1. The average Bonchev–Trinajstić information content (AvgIpc) is 2.87. The number of nitrogens with zero attached hydrogens (tertiary/aromatic N) is 2. The molecule has 0 radical (unpaired) electrons. The van der Waals surface area contributed by atoms with E-state index in [-0.39, 0.29) is 18.0 Å². The molecule has 0 spiro atoms. The van der Waals surface area contributed by atoms with Crippen molar-refractivity contribution < 1.29 is 9.72 Å². The molecule has 0 bridgehead atoms. The van der Waals surface area contributed by atoms with Gasteiger partial charge in [-0.2, -0.15) is 0 Å². The SMILES string of the molecule is CCc1nc(CCNC(=O)Cc2ccc([N+](=O)[O-])cc2)sc1C. The van der Waals surface area contributed by atoms with Crippen molar-refractivity contribution in [1.82, 2.24) is 10.3 Å². The summed E-state index contributed by atoms with van der Waals surface area (Å²) >= 11 is 1.67. The van der Waals surface area contributed by atoms with Gasteiger partial charge in [-0.15, -0.1) is 11.3 Å². The summed E-state index contributed by atoms with van der Waals surface area (Å²) in [6, 6.07) is 6.03. The van der Waals surface area contributed by atoms with Crippen molar-refractivity contribution in [2.75, 3.05) is 6.54 Å². The first-order valence-corrected chi connectivity index (χ1v) is 8.26. The monoisotopic (exact) mass is 333 g/mol. The van der Waals surface area contributed by atoms with Crippen LogP contribution in [0.15, 0.2) is 24.3 Å². The summed E-state index contributed by atoms with van der Waals surface area (Å²) in [5, 5.41) is 14.5. The zero-order chi connectivity index (χ0) is 16.8. The molecule has 0 aliphatic carbocycles. The van der Waals surface area contributed by atoms with Crippen LogP contribution in [0, 0.1) is 17.0 Å². The minimum absolute atomic E-state index is 0.0278. The third-order valence-corrected chi connectivity index (χ3v) is 4.52. The molecular formula is C16H19N3O3S. The third-order valence-electron chi connectivity index (χ3n) is 3.44. The van der Waals surface area contributed by atoms with Crippen molar-refractivity contribution in [3.63, 3.8) is 0 Å². The Balaban J connectivity index is 1.79. The predicted octanol–water partition coefficient (Wildman–Crippen LogP) is 2.82. The highest BCUT2D eigenvalue weighted by molar-refractivity contribution is 7.11. The van der Waals surface area contributed by atoms with E-state index in [1.807, 2.05) is 0 Å². The Kier molecular flexibility index (Phi) is 5.81. The number of amides is 1. The molecular weight excluding hydrogens is 314 g/mol. The van der Waals surface area contributed by atoms with Crippen molar-refractivity contribution in [3.8, 4) is 0 Å². The van der Waals surface area contributed by atoms with E-state index in [4.69, 9.17) is 0 Å². The smallest absolute Gasteiger partial charge is 0.269 e. The summed E-state index contributed by atoms with van der Waals surface area (Å²) in [6.45, 7) is 4.69. The molecule has 0 atom stereocenters. The van der Waals surface area contributed by atoms with E-state index in [0.29, 0.717) is 6.54 Å². The van der Waals surface area contributed by atoms with Crippen LogP contribution in [0.5, 0.6) is 0 Å². The van der Waals surface area contributed by atoms with Gasteiger partial charge in [-0.3, -0.25) is 14.9 Å². The fraction of sp³-hybridized carbons (Fsp3) is 0.375. The number of nitro groups is 1. The molecule has 0 aliphatic rings. The predicted molar refractivity (Wildman–Crippen MR) is 89.7 cm³/mol. The van der Waals surface area contributed by atoms with Gasteiger partial charge in [0.15, 0.2) is 0 Å². The Morgan fingerprint density at radius 3 is 2.61 bits per heavy atom. The quantitative estimate of drug-likeness (QED) is 0.623. The highest BCUT2D eigenvalue weighted by Gasteiger charge is 2.09. The van der Waals surface area contributed by atoms with Gasteiger partial charge in [0.05, 0.1) is 22.0 Å². The molecule has 1 heterocycles. The van der Waals surface area contributed by atoms with E-state index in [1.54, 1.807) is 23.5 Å². The van der Waals surface area contributed by atoms with Crippen LogP contribution >= 0.6 is 11.3 Å². The molecule has 1 aromatic carbocycles. The van der Waals surface area contributed by atoms with Crippen LogP contribution in [0.2, 0.25) is 0 Å². The lowest BCUT2D eigenvalue weighted by molar-refractivity contribution is -0.384. The molecule has 2 rings (SSSR count). The largest absolute Gasteiger partial charge is 0.355 e. The van der Waals surface area contributed by atoms with E-state index in [2.05, 4.69) is 24.1 Å². The Labute approximate surface area is 138 Å². The number of non-ortho nitro benzene ring substituents is 1. The van der Waals surface area contributed by atoms with Crippen molar-refractivity contribution in [1.29, 1.82) is 0 Å². The van der Waals surface area contributed by atoms with E-state index in [1.165, 1.54) is 17.0 Å². The van der Waals surface area contributed by atoms with Gasteiger partial charge >= 0.3 is 0 Å². The molecule has 7 heteroatoms. The highest BCUT2D eigenvalue weighted by atomic mass is 32.1. The van der Waals surface area contributed by atoms with Gasteiger partial charge in [-0.05, 0) is 18.9 Å². The van der Waals surface area contributed by atoms with Gasteiger partial charge in [0.25, 0.3) is 5.69 Å². The molecule has 0 unspecified atom stereocenters. The van der Waals surface area contributed by atoms with Gasteiger partial charge in [0, 0.05) is 30.0 Å². The highest BCUT2D eigenvalue weighted by Crippen LogP contribution is 2.18. The minimum Gasteiger partial charge on any atom is -0.355 e. The van der Waals surface area contributed by atoms with Crippen LogP contribution in [0.4, 0.5) is 5.69 Å². The summed E-state index contributed by atoms with van der Waals surface area (Å²) in [5.41, 5.74) is 1.91. The second-order valence-corrected chi connectivity index (χ2v) is 6.45. The van der Waals surface area contributed by atoms with Crippen molar-refractivity contribution in [2.24, 2.45) is 0 Å². The topological polar surface area (TPSA) is 85.1 Å². The molecule has 1 aromatic heterocycles. The Hall–Kier alpha value is -2.28. The van der Waals surface area contributed by atoms with Gasteiger partial charge in [0.2, 0.25) is 5.91 Å². The summed E-state index contributed by atoms with van der Waals surface area (Å²) in [4.78, 5) is 27.8. The number of aromatic nitrogens is 1. The van der Waals surface area contributed by atoms with Crippen LogP contribution in [-0.2, 0) is 24.1 Å². The van der Waals surface area contributed by atoms with Crippen molar-refractivity contribution in [2.45, 2.75) is 33.1 Å². The Morgan fingerprint density at radius 1 is 1.35 bits per heavy atom. The van der Waals surface area contributed by atoms with E-state index in [0.717, 1.165) is 29.1 Å². The zero-order valence-corrected chi connectivity index (χ0v) is 14.0. The fourth-order valence-electron chi connectivity index (χ4n) is 2.21. The maximum Gasteiger partial charge on any atom is 0.269 e. The molecule has 1 N–H and O–H groups in total. The van der Waals surface area contributed by atoms with Crippen LogP contribution in [0.25, 0.3) is 0 Å². The number of carbonyl (C=O) groups excluding carboxylic acids is 1. The molecule has 0 fully saturated rings. The van der Waals surface area contributed by atoms with Crippen LogP contribution in [-0.4, -0.2) is 22.4 Å². The number of carbonyl (C=O) groups is 1. The Bertz CT molecular complexity index is 695. The lowest BCUT2D eigenvalue weighted by Gasteiger charge is -2.04. The number of nitrogens with one attached hydrogen (secondary N) is 1. The molecule has 122 valence electrons. The van der Waals surface area contributed by atoms with Crippen molar-refractivity contribution >= 4 is 22.9 Å². The Morgan fingerprint density at radius 2 is 2.04 bits per heavy atom. The summed E-state index contributed by atoms with van der Waals surface area (Å²) in [6.07, 6.45) is 1.86. The number of hydrogen-bond donors (Lipinski definition) is 1. The van der Waals surface area contributed by atoms with E-state index in [9.17, 15) is 14.9 Å². The molecule has 1 amide bonds. The zero-order valence-electron chi connectivity index (χ0n) is 13.2. The lowest BCUT2D eigenvalue weighted by atomic mass is 10.1. The molecule has 2 aromatic rings. The lowest BCUT2D eigenvalue weighted by Crippen LogP contribution is -2.27. The number of hydrogen-bond acceptors (Lipinski definition) is 5. The fourth-order valence-corrected chi connectivity index (χ4v) is 3.24. The van der Waals surface area contributed by atoms with Gasteiger partial charge in [-0.25, -0.2) is 4.98 Å². The normalized spacial score (nSPS) is 10.5. The minimum atomic E-state index is -0.454. The first kappa shape index (κ1) is 17.1. The number of aryl methyl sites for hydroxylation is 2. The summed E-state index contributed by atoms with van der Waals surface area (Å²) in [7, 11) is 0. The van der Waals surface area contributed by atoms with Gasteiger partial charge in [-0.1, -0.05) is 19.1 Å². The molecule has 6 nitrogen and oxygen atoms in total. The van der Waals surface area contributed by atoms with Crippen LogP contribution < -0.4 is 5.32 Å². The maximum absolute atomic E-state index is 11.9. The van der Waals surface area contributed by atoms with Gasteiger partial charge in [0.1, 0.15) is 0 Å². The molecule has 0 saturated heterocycles. The number of rotatable bonds is 7. The second-order valence-electron chi connectivity index (χ2n) is 5.16. The first-order valence-electron chi connectivity index (χ1n) is 7.44. The molecule has 0 aliphatic heterocycles. The molecule has 23 heavy (non-hydrogen) atoms. The van der Waals surface area contributed by atoms with Crippen molar-refractivity contribution in [3.05, 3.63) is 55.5 Å². The second kappa shape index (κ2) is 7.82. The van der Waals surface area contributed by atoms with E-state index >= 15 is 0 Å². The van der Waals surface area contributed by atoms with Crippen LogP contribution in [0.3, 0.4) is 0 Å². The number of thiazole rings is 1. The van der Waals surface area contributed by atoms with E-state index < -0.39 is 4.92 Å².